The number of ether oxygens (including phenoxy) is 1. The molecule has 3 aromatic rings. The molecule has 0 bridgehead atoms. The van der Waals surface area contributed by atoms with Crippen LogP contribution < -0.4 is 10.1 Å². The van der Waals surface area contributed by atoms with Gasteiger partial charge in [0.2, 0.25) is 5.91 Å². The predicted octanol–water partition coefficient (Wildman–Crippen LogP) is 2.81. The molecule has 8 heteroatoms. The fourth-order valence-electron chi connectivity index (χ4n) is 3.22. The van der Waals surface area contributed by atoms with E-state index >= 15 is 0 Å². The highest BCUT2D eigenvalue weighted by atomic mass is 35.5. The quantitative estimate of drug-likeness (QED) is 0.691. The van der Waals surface area contributed by atoms with Crippen molar-refractivity contribution in [3.8, 4) is 17.0 Å². The van der Waals surface area contributed by atoms with E-state index in [0.717, 1.165) is 22.5 Å². The van der Waals surface area contributed by atoms with Gasteiger partial charge in [0, 0.05) is 49.1 Å². The molecule has 1 aromatic carbocycles. The molecular formula is C20H20ClN5O2. The standard InChI is InChI=1S/C20H20ClN5O2/c1-13-2-6-26(25-13)7-3-19(27)24-11-16-9-15-8-14(10-17(21)20(15)28-16)18-12-22-4-5-23-18/h2,4-6,8,10,12,16H,3,7,9,11H2,1H3,(H,24,27). The largest absolute Gasteiger partial charge is 0.486 e. The van der Waals surface area contributed by atoms with Gasteiger partial charge in [0.1, 0.15) is 11.9 Å². The number of carbonyl (C=O) groups excluding carboxylic acids is 1. The van der Waals surface area contributed by atoms with Crippen LogP contribution in [0.3, 0.4) is 0 Å². The van der Waals surface area contributed by atoms with Gasteiger partial charge in [-0.15, -0.1) is 0 Å². The Morgan fingerprint density at radius 1 is 1.39 bits per heavy atom. The molecule has 1 aliphatic rings. The lowest BCUT2D eigenvalue weighted by molar-refractivity contribution is -0.121. The minimum absolute atomic E-state index is 0.0287. The second kappa shape index (κ2) is 7.98. The minimum atomic E-state index is -0.138. The molecule has 0 aliphatic carbocycles. The van der Waals surface area contributed by atoms with Crippen LogP contribution in [0, 0.1) is 6.92 Å². The second-order valence-electron chi connectivity index (χ2n) is 6.76. The fourth-order valence-corrected chi connectivity index (χ4v) is 3.50. The molecule has 3 heterocycles. The van der Waals surface area contributed by atoms with E-state index in [-0.39, 0.29) is 12.0 Å². The SMILES string of the molecule is Cc1ccn(CCC(=O)NCC2Cc3cc(-c4cnccn4)cc(Cl)c3O2)n1. The maximum Gasteiger partial charge on any atom is 0.221 e. The van der Waals surface area contributed by atoms with E-state index in [9.17, 15) is 4.79 Å². The number of halogens is 1. The van der Waals surface area contributed by atoms with Gasteiger partial charge in [0.15, 0.2) is 0 Å². The van der Waals surface area contributed by atoms with Crippen molar-refractivity contribution in [1.82, 2.24) is 25.1 Å². The number of aromatic nitrogens is 4. The average molecular weight is 398 g/mol. The highest BCUT2D eigenvalue weighted by Crippen LogP contribution is 2.39. The van der Waals surface area contributed by atoms with Crippen LogP contribution in [0.25, 0.3) is 11.3 Å². The van der Waals surface area contributed by atoms with Gasteiger partial charge in [-0.2, -0.15) is 5.10 Å². The first-order chi connectivity index (χ1) is 13.6. The number of hydrogen-bond acceptors (Lipinski definition) is 5. The van der Waals surface area contributed by atoms with Crippen molar-refractivity contribution in [2.24, 2.45) is 0 Å². The molecular weight excluding hydrogens is 378 g/mol. The fraction of sp³-hybridized carbons (Fsp3) is 0.300. The normalized spacial score (nSPS) is 15.1. The number of nitrogens with one attached hydrogen (secondary N) is 1. The first-order valence-electron chi connectivity index (χ1n) is 9.11. The van der Waals surface area contributed by atoms with E-state index in [0.29, 0.717) is 36.7 Å². The molecule has 1 amide bonds. The van der Waals surface area contributed by atoms with Crippen LogP contribution in [0.2, 0.25) is 5.02 Å². The lowest BCUT2D eigenvalue weighted by atomic mass is 10.0. The van der Waals surface area contributed by atoms with Gasteiger partial charge < -0.3 is 10.1 Å². The molecule has 1 atom stereocenters. The van der Waals surface area contributed by atoms with Gasteiger partial charge in [0.05, 0.1) is 29.2 Å². The molecule has 0 fully saturated rings. The van der Waals surface area contributed by atoms with Crippen LogP contribution in [0.1, 0.15) is 17.7 Å². The summed E-state index contributed by atoms with van der Waals surface area (Å²) in [6.07, 6.45) is 7.77. The van der Waals surface area contributed by atoms with Crippen LogP contribution in [0.4, 0.5) is 0 Å². The van der Waals surface area contributed by atoms with Crippen LogP contribution >= 0.6 is 11.6 Å². The van der Waals surface area contributed by atoms with Gasteiger partial charge in [0.25, 0.3) is 0 Å². The van der Waals surface area contributed by atoms with Crippen LogP contribution in [-0.2, 0) is 17.8 Å². The average Bonchev–Trinajstić information content (AvgIpc) is 3.31. The molecule has 144 valence electrons. The number of carbonyl (C=O) groups is 1. The topological polar surface area (TPSA) is 81.9 Å². The van der Waals surface area contributed by atoms with E-state index in [4.69, 9.17) is 16.3 Å². The number of fused-ring (bicyclic) bond motifs is 1. The minimum Gasteiger partial charge on any atom is -0.486 e. The molecule has 1 aliphatic heterocycles. The molecule has 7 nitrogen and oxygen atoms in total. The number of nitrogens with zero attached hydrogens (tertiary/aromatic N) is 4. The summed E-state index contributed by atoms with van der Waals surface area (Å²) in [6.45, 7) is 2.91. The molecule has 0 spiro atoms. The summed E-state index contributed by atoms with van der Waals surface area (Å²) in [5.41, 5.74) is 3.62. The molecule has 1 unspecified atom stereocenters. The highest BCUT2D eigenvalue weighted by molar-refractivity contribution is 6.32. The Kier molecular flexibility index (Phi) is 5.25. The van der Waals surface area contributed by atoms with E-state index in [1.807, 2.05) is 31.3 Å². The summed E-state index contributed by atoms with van der Waals surface area (Å²) >= 11 is 6.40. The summed E-state index contributed by atoms with van der Waals surface area (Å²) in [5.74, 6) is 0.652. The monoisotopic (exact) mass is 397 g/mol. The Morgan fingerprint density at radius 2 is 2.29 bits per heavy atom. The zero-order chi connectivity index (χ0) is 19.5. The highest BCUT2D eigenvalue weighted by Gasteiger charge is 2.26. The summed E-state index contributed by atoms with van der Waals surface area (Å²) < 4.78 is 7.71. The van der Waals surface area contributed by atoms with Crippen molar-refractivity contribution in [2.75, 3.05) is 6.54 Å². The van der Waals surface area contributed by atoms with Crippen molar-refractivity contribution < 1.29 is 9.53 Å². The number of hydrogen-bond donors (Lipinski definition) is 1. The van der Waals surface area contributed by atoms with Crippen molar-refractivity contribution in [2.45, 2.75) is 32.4 Å². The third kappa shape index (κ3) is 4.14. The number of rotatable bonds is 6. The molecule has 0 saturated carbocycles. The molecule has 0 radical (unpaired) electrons. The van der Waals surface area contributed by atoms with Crippen LogP contribution in [-0.4, -0.2) is 38.3 Å². The smallest absolute Gasteiger partial charge is 0.221 e. The molecule has 4 rings (SSSR count). The second-order valence-corrected chi connectivity index (χ2v) is 7.16. The van der Waals surface area contributed by atoms with Gasteiger partial charge in [-0.3, -0.25) is 19.4 Å². The molecule has 1 N–H and O–H groups in total. The third-order valence-electron chi connectivity index (χ3n) is 4.58. The van der Waals surface area contributed by atoms with Gasteiger partial charge in [-0.05, 0) is 25.1 Å². The maximum absolute atomic E-state index is 12.1. The van der Waals surface area contributed by atoms with Crippen LogP contribution in [0.15, 0.2) is 43.0 Å². The number of amides is 1. The number of aryl methyl sites for hydroxylation is 2. The Balaban J connectivity index is 1.33. The van der Waals surface area contributed by atoms with Crippen LogP contribution in [0.5, 0.6) is 5.75 Å². The Hall–Kier alpha value is -2.93. The van der Waals surface area contributed by atoms with E-state index in [1.165, 1.54) is 0 Å². The molecule has 0 saturated heterocycles. The van der Waals surface area contributed by atoms with Crippen molar-refractivity contribution in [1.29, 1.82) is 0 Å². The van der Waals surface area contributed by atoms with E-state index in [1.54, 1.807) is 23.3 Å². The van der Waals surface area contributed by atoms with Crippen molar-refractivity contribution >= 4 is 17.5 Å². The summed E-state index contributed by atoms with van der Waals surface area (Å²) in [4.78, 5) is 20.5. The summed E-state index contributed by atoms with van der Waals surface area (Å²) in [6, 6.07) is 5.77. The maximum atomic E-state index is 12.1. The van der Waals surface area contributed by atoms with Gasteiger partial charge in [-0.25, -0.2) is 0 Å². The van der Waals surface area contributed by atoms with Crippen molar-refractivity contribution in [3.05, 3.63) is 59.3 Å². The lowest BCUT2D eigenvalue weighted by Gasteiger charge is -2.12. The lowest BCUT2D eigenvalue weighted by Crippen LogP contribution is -2.34. The Bertz CT molecular complexity index is 990. The Morgan fingerprint density at radius 3 is 3.04 bits per heavy atom. The van der Waals surface area contributed by atoms with Gasteiger partial charge >= 0.3 is 0 Å². The Labute approximate surface area is 167 Å². The molecule has 2 aromatic heterocycles. The number of benzene rings is 1. The zero-order valence-electron chi connectivity index (χ0n) is 15.4. The van der Waals surface area contributed by atoms with Crippen molar-refractivity contribution in [3.63, 3.8) is 0 Å². The first-order valence-corrected chi connectivity index (χ1v) is 9.48. The third-order valence-corrected chi connectivity index (χ3v) is 4.86. The zero-order valence-corrected chi connectivity index (χ0v) is 16.2. The first kappa shape index (κ1) is 18.4. The molecule has 28 heavy (non-hydrogen) atoms. The van der Waals surface area contributed by atoms with E-state index in [2.05, 4.69) is 20.4 Å². The summed E-state index contributed by atoms with van der Waals surface area (Å²) in [5, 5.41) is 7.75. The summed E-state index contributed by atoms with van der Waals surface area (Å²) in [7, 11) is 0. The predicted molar refractivity (Wildman–Crippen MR) is 105 cm³/mol. The van der Waals surface area contributed by atoms with E-state index < -0.39 is 0 Å². The van der Waals surface area contributed by atoms with Gasteiger partial charge in [-0.1, -0.05) is 11.6 Å².